The Morgan fingerprint density at radius 2 is 1.31 bits per heavy atom. The van der Waals surface area contributed by atoms with Crippen LogP contribution in [0.1, 0.15) is 101 Å². The van der Waals surface area contributed by atoms with Gasteiger partial charge in [-0.25, -0.2) is 4.57 Å². The number of pyridine rings is 1. The van der Waals surface area contributed by atoms with Crippen LogP contribution in [0, 0.1) is 6.92 Å². The van der Waals surface area contributed by atoms with Gasteiger partial charge in [0, 0.05) is 25.0 Å². The molecule has 0 aliphatic carbocycles. The van der Waals surface area contributed by atoms with Crippen molar-refractivity contribution in [1.82, 2.24) is 0 Å². The Kier molecular flexibility index (Phi) is 12.9. The highest BCUT2D eigenvalue weighted by Crippen LogP contribution is 2.14. The molecule has 0 bridgehead atoms. The van der Waals surface area contributed by atoms with Crippen molar-refractivity contribution in [3.63, 3.8) is 0 Å². The molecule has 0 aliphatic heterocycles. The number of hydrogen-bond donors (Lipinski definition) is 1. The summed E-state index contributed by atoms with van der Waals surface area (Å²) < 4.78 is 2.21. The number of aromatic nitrogens is 1. The highest BCUT2D eigenvalue weighted by molar-refractivity contribution is 5.66. The minimum atomic E-state index is -0.658. The van der Waals surface area contributed by atoms with Crippen LogP contribution < -0.4 is 4.57 Å². The van der Waals surface area contributed by atoms with Gasteiger partial charge in [-0.2, -0.15) is 0 Å². The predicted octanol–water partition coefficient (Wildman–Crippen LogP) is 5.91. The molecular formula is C23H40NO2+. The van der Waals surface area contributed by atoms with Gasteiger partial charge < -0.3 is 5.11 Å². The van der Waals surface area contributed by atoms with Gasteiger partial charge in [-0.05, 0) is 25.3 Å². The van der Waals surface area contributed by atoms with Crippen molar-refractivity contribution in [2.45, 2.75) is 103 Å². The Balaban J connectivity index is 1.82. The molecular weight excluding hydrogens is 322 g/mol. The van der Waals surface area contributed by atoms with E-state index in [-0.39, 0.29) is 0 Å². The molecule has 1 rings (SSSR count). The SMILES string of the molecule is Cc1c(CCCCCCCCCCCCCCCC(=O)O)ccc[n+]1C. The fraction of sp³-hybridized carbons (Fsp3) is 0.739. The molecule has 148 valence electrons. The number of hydrogen-bond acceptors (Lipinski definition) is 1. The second-order valence-corrected chi connectivity index (χ2v) is 7.72. The van der Waals surface area contributed by atoms with Crippen molar-refractivity contribution in [3.8, 4) is 0 Å². The summed E-state index contributed by atoms with van der Waals surface area (Å²) in [6.07, 6.45) is 20.3. The lowest BCUT2D eigenvalue weighted by Gasteiger charge is -2.05. The first-order valence-electron chi connectivity index (χ1n) is 10.8. The molecule has 0 amide bonds. The third-order valence-corrected chi connectivity index (χ3v) is 5.44. The van der Waals surface area contributed by atoms with Crippen LogP contribution >= 0.6 is 0 Å². The number of carboxylic acids is 1. The molecule has 0 radical (unpaired) electrons. The molecule has 3 nitrogen and oxygen atoms in total. The van der Waals surface area contributed by atoms with Crippen LogP contribution in [0.4, 0.5) is 0 Å². The van der Waals surface area contributed by atoms with Gasteiger partial charge in [-0.15, -0.1) is 0 Å². The fourth-order valence-electron chi connectivity index (χ4n) is 3.55. The molecule has 0 aliphatic rings. The van der Waals surface area contributed by atoms with Crippen molar-refractivity contribution in [3.05, 3.63) is 29.6 Å². The molecule has 1 N–H and O–H groups in total. The molecule has 0 fully saturated rings. The zero-order valence-corrected chi connectivity index (χ0v) is 17.1. The Bertz CT molecular complexity index is 499. The summed E-state index contributed by atoms with van der Waals surface area (Å²) in [5, 5.41) is 8.58. The van der Waals surface area contributed by atoms with Gasteiger partial charge in [-0.3, -0.25) is 4.79 Å². The average molecular weight is 363 g/mol. The summed E-state index contributed by atoms with van der Waals surface area (Å²) in [5.41, 5.74) is 2.90. The molecule has 0 aromatic carbocycles. The topological polar surface area (TPSA) is 41.2 Å². The van der Waals surface area contributed by atoms with Crippen molar-refractivity contribution < 1.29 is 14.5 Å². The zero-order chi connectivity index (χ0) is 19.0. The van der Waals surface area contributed by atoms with E-state index in [1.807, 2.05) is 0 Å². The first-order valence-corrected chi connectivity index (χ1v) is 10.8. The maximum Gasteiger partial charge on any atom is 0.303 e. The van der Waals surface area contributed by atoms with Crippen LogP contribution in [0.3, 0.4) is 0 Å². The lowest BCUT2D eigenvalue weighted by Crippen LogP contribution is -2.32. The number of rotatable bonds is 16. The van der Waals surface area contributed by atoms with E-state index < -0.39 is 5.97 Å². The molecule has 26 heavy (non-hydrogen) atoms. The van der Waals surface area contributed by atoms with Gasteiger partial charge in [0.25, 0.3) is 0 Å². The number of aliphatic carboxylic acids is 1. The molecule has 0 saturated heterocycles. The maximum atomic E-state index is 10.4. The molecule has 1 aromatic heterocycles. The first-order chi connectivity index (χ1) is 12.6. The van der Waals surface area contributed by atoms with Gasteiger partial charge >= 0.3 is 5.97 Å². The number of aryl methyl sites for hydroxylation is 2. The standard InChI is InChI=1S/C23H39NO2/c1-21-22(18-16-20-24(21)2)17-14-12-10-8-6-4-3-5-7-9-11-13-15-19-23(25)26/h16,18,20H,3-15,17,19H2,1-2H3/p+1. The largest absolute Gasteiger partial charge is 0.481 e. The Morgan fingerprint density at radius 3 is 1.81 bits per heavy atom. The fourth-order valence-corrected chi connectivity index (χ4v) is 3.55. The summed E-state index contributed by atoms with van der Waals surface area (Å²) in [4.78, 5) is 10.4. The molecule has 0 spiro atoms. The highest BCUT2D eigenvalue weighted by Gasteiger charge is 2.06. The van der Waals surface area contributed by atoms with Crippen molar-refractivity contribution in [1.29, 1.82) is 0 Å². The molecule has 1 aromatic rings. The average Bonchev–Trinajstić information content (AvgIpc) is 2.61. The molecule has 1 heterocycles. The maximum absolute atomic E-state index is 10.4. The van der Waals surface area contributed by atoms with Gasteiger partial charge in [-0.1, -0.05) is 70.6 Å². The molecule has 0 saturated carbocycles. The Morgan fingerprint density at radius 1 is 0.846 bits per heavy atom. The lowest BCUT2D eigenvalue weighted by atomic mass is 10.0. The molecule has 0 unspecified atom stereocenters. The minimum absolute atomic E-state index is 0.337. The van der Waals surface area contributed by atoms with Gasteiger partial charge in [0.05, 0.1) is 0 Å². The number of carboxylic acid groups (broad SMARTS) is 1. The van der Waals surface area contributed by atoms with Crippen LogP contribution in [0.15, 0.2) is 18.3 Å². The van der Waals surface area contributed by atoms with Gasteiger partial charge in [0.2, 0.25) is 0 Å². The van der Waals surface area contributed by atoms with Crippen LogP contribution in [-0.2, 0) is 18.3 Å². The summed E-state index contributed by atoms with van der Waals surface area (Å²) in [5.74, 6) is -0.658. The smallest absolute Gasteiger partial charge is 0.303 e. The minimum Gasteiger partial charge on any atom is -0.481 e. The van der Waals surface area contributed by atoms with E-state index >= 15 is 0 Å². The van der Waals surface area contributed by atoms with E-state index in [4.69, 9.17) is 5.11 Å². The van der Waals surface area contributed by atoms with Crippen molar-refractivity contribution >= 4 is 5.97 Å². The summed E-state index contributed by atoms with van der Waals surface area (Å²) in [7, 11) is 2.12. The van der Waals surface area contributed by atoms with E-state index in [1.165, 1.54) is 88.3 Å². The van der Waals surface area contributed by atoms with Crippen LogP contribution in [0.2, 0.25) is 0 Å². The predicted molar refractivity (Wildman–Crippen MR) is 108 cm³/mol. The normalized spacial score (nSPS) is 11.0. The summed E-state index contributed by atoms with van der Waals surface area (Å²) in [6.45, 7) is 2.21. The quantitative estimate of drug-likeness (QED) is 0.293. The van der Waals surface area contributed by atoms with Gasteiger partial charge in [0.1, 0.15) is 7.05 Å². The van der Waals surface area contributed by atoms with Crippen molar-refractivity contribution in [2.24, 2.45) is 7.05 Å². The van der Waals surface area contributed by atoms with Crippen LogP contribution in [0.25, 0.3) is 0 Å². The number of nitrogens with zero attached hydrogens (tertiary/aromatic N) is 1. The Labute approximate surface area is 160 Å². The Hall–Kier alpha value is -1.38. The van der Waals surface area contributed by atoms with E-state index in [1.54, 1.807) is 0 Å². The van der Waals surface area contributed by atoms with E-state index in [0.717, 1.165) is 12.8 Å². The monoisotopic (exact) mass is 362 g/mol. The van der Waals surface area contributed by atoms with Crippen LogP contribution in [0.5, 0.6) is 0 Å². The number of unbranched alkanes of at least 4 members (excludes halogenated alkanes) is 12. The lowest BCUT2D eigenvalue weighted by molar-refractivity contribution is -0.678. The van der Waals surface area contributed by atoms with E-state index in [0.29, 0.717) is 6.42 Å². The van der Waals surface area contributed by atoms with E-state index in [9.17, 15) is 4.79 Å². The molecule has 0 atom stereocenters. The summed E-state index contributed by atoms with van der Waals surface area (Å²) >= 11 is 0. The highest BCUT2D eigenvalue weighted by atomic mass is 16.4. The zero-order valence-electron chi connectivity index (χ0n) is 17.1. The number of carbonyl (C=O) groups is 1. The first kappa shape index (κ1) is 22.7. The van der Waals surface area contributed by atoms with Crippen LogP contribution in [-0.4, -0.2) is 11.1 Å². The third kappa shape index (κ3) is 11.3. The van der Waals surface area contributed by atoms with E-state index in [2.05, 4.69) is 36.9 Å². The third-order valence-electron chi connectivity index (χ3n) is 5.44. The summed E-state index contributed by atoms with van der Waals surface area (Å²) in [6, 6.07) is 4.42. The van der Waals surface area contributed by atoms with Gasteiger partial charge in [0.15, 0.2) is 11.9 Å². The molecule has 3 heteroatoms. The van der Waals surface area contributed by atoms with Crippen molar-refractivity contribution in [2.75, 3.05) is 0 Å². The second-order valence-electron chi connectivity index (χ2n) is 7.72. The second kappa shape index (κ2) is 14.8.